The Labute approximate surface area is 164 Å². The maximum atomic E-state index is 13.0. The molecule has 1 aromatic carbocycles. The smallest absolute Gasteiger partial charge is 0.255 e. The van der Waals surface area contributed by atoms with E-state index in [2.05, 4.69) is 16.3 Å². The molecule has 5 rings (SSSR count). The van der Waals surface area contributed by atoms with Gasteiger partial charge in [0.2, 0.25) is 11.8 Å². The van der Waals surface area contributed by atoms with Gasteiger partial charge in [-0.1, -0.05) is 12.1 Å². The number of fused-ring (bicyclic) bond motifs is 3. The molecule has 28 heavy (non-hydrogen) atoms. The predicted octanol–water partition coefficient (Wildman–Crippen LogP) is 0.761. The Kier molecular flexibility index (Phi) is 4.07. The van der Waals surface area contributed by atoms with E-state index in [1.165, 1.54) is 6.42 Å². The lowest BCUT2D eigenvalue weighted by atomic mass is 9.92. The first-order chi connectivity index (χ1) is 13.4. The van der Waals surface area contributed by atoms with E-state index in [1.54, 1.807) is 4.90 Å². The number of likely N-dealkylation sites (tertiary alicyclic amines) is 1. The van der Waals surface area contributed by atoms with Crippen molar-refractivity contribution in [2.24, 2.45) is 11.7 Å². The van der Waals surface area contributed by atoms with Crippen molar-refractivity contribution < 1.29 is 14.4 Å². The van der Waals surface area contributed by atoms with Gasteiger partial charge in [-0.3, -0.25) is 24.6 Å². The molecule has 0 spiro atoms. The molecule has 3 atom stereocenters. The molecule has 7 nitrogen and oxygen atoms in total. The number of hydrogen-bond donors (Lipinski definition) is 2. The van der Waals surface area contributed by atoms with Gasteiger partial charge < -0.3 is 10.6 Å². The zero-order chi connectivity index (χ0) is 19.5. The number of nitrogens with one attached hydrogen (secondary N) is 1. The van der Waals surface area contributed by atoms with Gasteiger partial charge >= 0.3 is 0 Å². The first-order valence-electron chi connectivity index (χ1n) is 10.2. The van der Waals surface area contributed by atoms with E-state index in [9.17, 15) is 14.4 Å². The average Bonchev–Trinajstić information content (AvgIpc) is 3.11. The minimum Gasteiger partial charge on any atom is -0.324 e. The summed E-state index contributed by atoms with van der Waals surface area (Å²) in [5.41, 5.74) is 9.22. The van der Waals surface area contributed by atoms with Gasteiger partial charge in [-0.25, -0.2) is 0 Å². The van der Waals surface area contributed by atoms with Crippen LogP contribution in [0.3, 0.4) is 0 Å². The molecule has 3 unspecified atom stereocenters. The molecule has 1 aromatic rings. The molecule has 0 radical (unpaired) electrons. The Morgan fingerprint density at radius 1 is 1.21 bits per heavy atom. The topological polar surface area (TPSA) is 95.7 Å². The molecule has 1 saturated carbocycles. The van der Waals surface area contributed by atoms with Crippen LogP contribution in [0, 0.1) is 5.92 Å². The number of nitrogens with zero attached hydrogens (tertiary/aromatic N) is 2. The van der Waals surface area contributed by atoms with Crippen LogP contribution in [0.4, 0.5) is 0 Å². The van der Waals surface area contributed by atoms with Crippen LogP contribution in [0.5, 0.6) is 0 Å². The Morgan fingerprint density at radius 3 is 2.86 bits per heavy atom. The van der Waals surface area contributed by atoms with E-state index < -0.39 is 6.04 Å². The van der Waals surface area contributed by atoms with Crippen molar-refractivity contribution in [1.29, 1.82) is 0 Å². The summed E-state index contributed by atoms with van der Waals surface area (Å²) in [6.07, 6.45) is 4.13. The van der Waals surface area contributed by atoms with E-state index in [0.29, 0.717) is 24.4 Å². The normalized spacial score (nSPS) is 32.6. The molecule has 3 heterocycles. The second-order valence-electron chi connectivity index (χ2n) is 9.03. The molecular weight excluding hydrogens is 356 g/mol. The highest BCUT2D eigenvalue weighted by molar-refractivity contribution is 6.05. The lowest BCUT2D eigenvalue weighted by molar-refractivity contribution is -0.136. The second kappa shape index (κ2) is 6.39. The molecule has 1 aliphatic carbocycles. The Hall–Kier alpha value is -2.25. The summed E-state index contributed by atoms with van der Waals surface area (Å²) < 4.78 is 0. The third kappa shape index (κ3) is 3.02. The van der Waals surface area contributed by atoms with Gasteiger partial charge in [0.25, 0.3) is 5.91 Å². The molecule has 2 saturated heterocycles. The molecule has 2 bridgehead atoms. The number of hydrogen-bond acceptors (Lipinski definition) is 5. The average molecular weight is 382 g/mol. The van der Waals surface area contributed by atoms with Crippen molar-refractivity contribution in [2.75, 3.05) is 13.1 Å². The number of carbonyl (C=O) groups is 3. The Balaban J connectivity index is 1.31. The van der Waals surface area contributed by atoms with Crippen molar-refractivity contribution in [3.05, 3.63) is 34.9 Å². The van der Waals surface area contributed by atoms with Crippen LogP contribution in [0.1, 0.15) is 53.6 Å². The van der Waals surface area contributed by atoms with Crippen molar-refractivity contribution in [1.82, 2.24) is 15.1 Å². The van der Waals surface area contributed by atoms with Crippen molar-refractivity contribution in [3.63, 3.8) is 0 Å². The summed E-state index contributed by atoms with van der Waals surface area (Å²) in [4.78, 5) is 40.5. The molecule has 4 aliphatic rings. The van der Waals surface area contributed by atoms with Gasteiger partial charge in [-0.15, -0.1) is 0 Å². The van der Waals surface area contributed by atoms with E-state index >= 15 is 0 Å². The highest BCUT2D eigenvalue weighted by Crippen LogP contribution is 2.38. The minimum absolute atomic E-state index is 0.0436. The third-order valence-electron chi connectivity index (χ3n) is 6.80. The molecule has 7 heteroatoms. The predicted molar refractivity (Wildman–Crippen MR) is 102 cm³/mol. The quantitative estimate of drug-likeness (QED) is 0.753. The van der Waals surface area contributed by atoms with E-state index in [1.807, 2.05) is 12.1 Å². The zero-order valence-electron chi connectivity index (χ0n) is 15.9. The Bertz CT molecular complexity index is 869. The lowest BCUT2D eigenvalue weighted by Gasteiger charge is -2.37. The first kappa shape index (κ1) is 17.8. The molecule has 3 aliphatic heterocycles. The number of piperidine rings is 2. The van der Waals surface area contributed by atoms with Gasteiger partial charge in [-0.2, -0.15) is 0 Å². The minimum atomic E-state index is -0.559. The first-order valence-corrected chi connectivity index (χ1v) is 10.2. The van der Waals surface area contributed by atoms with E-state index in [0.717, 1.165) is 43.6 Å². The third-order valence-corrected chi connectivity index (χ3v) is 6.80. The molecule has 148 valence electrons. The fourth-order valence-electron chi connectivity index (χ4n) is 5.52. The lowest BCUT2D eigenvalue weighted by Crippen LogP contribution is -2.52. The van der Waals surface area contributed by atoms with Gasteiger partial charge in [-0.05, 0) is 48.8 Å². The molecule has 3 fully saturated rings. The highest BCUT2D eigenvalue weighted by atomic mass is 16.2. The van der Waals surface area contributed by atoms with Gasteiger partial charge in [0, 0.05) is 43.7 Å². The highest BCUT2D eigenvalue weighted by Gasteiger charge is 2.42. The van der Waals surface area contributed by atoms with Crippen LogP contribution in [0.25, 0.3) is 0 Å². The Morgan fingerprint density at radius 2 is 2.07 bits per heavy atom. The summed E-state index contributed by atoms with van der Waals surface area (Å²) in [6, 6.07) is 5.50. The van der Waals surface area contributed by atoms with E-state index in [-0.39, 0.29) is 29.7 Å². The summed E-state index contributed by atoms with van der Waals surface area (Å²) >= 11 is 0. The van der Waals surface area contributed by atoms with Crippen LogP contribution in [0.15, 0.2) is 18.2 Å². The van der Waals surface area contributed by atoms with Crippen molar-refractivity contribution >= 4 is 17.7 Å². The van der Waals surface area contributed by atoms with Crippen LogP contribution in [-0.2, 0) is 22.7 Å². The van der Waals surface area contributed by atoms with Crippen LogP contribution < -0.4 is 11.1 Å². The van der Waals surface area contributed by atoms with Crippen LogP contribution in [-0.4, -0.2) is 52.2 Å². The molecule has 3 amide bonds. The summed E-state index contributed by atoms with van der Waals surface area (Å²) in [5.74, 6) is -0.0475. The van der Waals surface area contributed by atoms with Gasteiger partial charge in [0.05, 0.1) is 0 Å². The maximum Gasteiger partial charge on any atom is 0.255 e. The monoisotopic (exact) mass is 382 g/mol. The number of carbonyl (C=O) groups excluding carboxylic acids is 3. The largest absolute Gasteiger partial charge is 0.324 e. The number of amides is 3. The van der Waals surface area contributed by atoms with Crippen molar-refractivity contribution in [3.8, 4) is 0 Å². The SMILES string of the molecule is NC12CCC(CN(Cc3ccc4c(c3)C(=O)N(C3CCC(=O)NC3=O)C4)C1)C2. The molecule has 0 aromatic heterocycles. The summed E-state index contributed by atoms with van der Waals surface area (Å²) in [7, 11) is 0. The number of benzene rings is 1. The van der Waals surface area contributed by atoms with Crippen molar-refractivity contribution in [2.45, 2.75) is 56.8 Å². The van der Waals surface area contributed by atoms with Gasteiger partial charge in [0.1, 0.15) is 6.04 Å². The number of rotatable bonds is 3. The maximum absolute atomic E-state index is 13.0. The van der Waals surface area contributed by atoms with Crippen LogP contribution in [0.2, 0.25) is 0 Å². The fourth-order valence-corrected chi connectivity index (χ4v) is 5.52. The zero-order valence-corrected chi connectivity index (χ0v) is 15.9. The molecular formula is C21H26N4O3. The second-order valence-corrected chi connectivity index (χ2v) is 9.03. The van der Waals surface area contributed by atoms with Crippen LogP contribution >= 0.6 is 0 Å². The fraction of sp³-hybridized carbons (Fsp3) is 0.571. The summed E-state index contributed by atoms with van der Waals surface area (Å²) in [5, 5.41) is 2.35. The number of imide groups is 1. The standard InChI is InChI=1S/C21H26N4O3/c22-21-6-5-14(8-21)10-24(12-21)9-13-1-2-15-11-25(20(28)16(15)7-13)17-3-4-18(26)23-19(17)27/h1-2,7,14,17H,3-6,8-12,22H2,(H,23,26,27). The number of nitrogens with two attached hydrogens (primary N) is 1. The molecule has 3 N–H and O–H groups in total. The summed E-state index contributed by atoms with van der Waals surface area (Å²) in [6.45, 7) is 3.22. The van der Waals surface area contributed by atoms with Gasteiger partial charge in [0.15, 0.2) is 0 Å². The van der Waals surface area contributed by atoms with E-state index in [4.69, 9.17) is 5.73 Å².